The van der Waals surface area contributed by atoms with E-state index in [2.05, 4.69) is 11.0 Å². The quantitative estimate of drug-likeness (QED) is 0.684. The normalized spacial score (nSPS) is 16.5. The number of ether oxygens (including phenoxy) is 1. The molecule has 26 heavy (non-hydrogen) atoms. The molecule has 2 nitrogen and oxygen atoms in total. The molecule has 0 spiro atoms. The van der Waals surface area contributed by atoms with E-state index in [9.17, 15) is 8.78 Å². The third kappa shape index (κ3) is 4.61. The Bertz CT molecular complexity index is 702. The molecule has 0 fully saturated rings. The monoisotopic (exact) mass is 358 g/mol. The summed E-state index contributed by atoms with van der Waals surface area (Å²) in [6.07, 6.45) is 4.44. The van der Waals surface area contributed by atoms with Crippen molar-refractivity contribution < 1.29 is 13.5 Å². The van der Waals surface area contributed by atoms with Crippen molar-refractivity contribution in [3.8, 4) is 5.75 Å². The van der Waals surface area contributed by atoms with Gasteiger partial charge in [-0.2, -0.15) is 0 Å². The van der Waals surface area contributed by atoms with Gasteiger partial charge in [0.25, 0.3) is 0 Å². The van der Waals surface area contributed by atoms with Crippen molar-refractivity contribution >= 4 is 0 Å². The highest BCUT2D eigenvalue weighted by molar-refractivity contribution is 5.42. The van der Waals surface area contributed by atoms with Gasteiger partial charge in [-0.3, -0.25) is 9.29 Å². The van der Waals surface area contributed by atoms with Gasteiger partial charge in [0.2, 0.25) is 0 Å². The zero-order valence-electron chi connectivity index (χ0n) is 15.4. The molecule has 0 aromatic heterocycles. The molecule has 0 radical (unpaired) electrons. The van der Waals surface area contributed by atoms with Gasteiger partial charge in [0.05, 0.1) is 13.8 Å². The van der Waals surface area contributed by atoms with Crippen LogP contribution in [-0.2, 0) is 19.3 Å². The molecule has 2 aromatic rings. The van der Waals surface area contributed by atoms with Crippen molar-refractivity contribution in [1.29, 1.82) is 0 Å². The number of alkyl halides is 1. The van der Waals surface area contributed by atoms with Crippen LogP contribution in [0.4, 0.5) is 8.78 Å². The molecule has 0 saturated carbocycles. The number of fused-ring (bicyclic) bond motifs is 1. The second kappa shape index (κ2) is 9.13. The van der Waals surface area contributed by atoms with Crippen LogP contribution in [-0.4, -0.2) is 37.8 Å². The van der Waals surface area contributed by atoms with Gasteiger partial charge in [-0.05, 0) is 67.0 Å². The van der Waals surface area contributed by atoms with Gasteiger partial charge in [-0.1, -0.05) is 24.3 Å². The number of hydrogen-bond acceptors (Lipinski definition) is 2. The number of rotatable bonds is 8. The summed E-state index contributed by atoms with van der Waals surface area (Å²) in [6, 6.07) is 13.3. The lowest BCUT2D eigenvalue weighted by Crippen LogP contribution is -2.41. The van der Waals surface area contributed by atoms with Crippen molar-refractivity contribution in [2.45, 2.75) is 38.1 Å². The molecular weight excluding hydrogens is 331 g/mol. The SMILES string of the molecule is COc1cccc2c1CCC(N(CCC[18F])CCc1ccc(F)cc1)C2. The molecule has 1 aliphatic carbocycles. The first-order valence-corrected chi connectivity index (χ1v) is 9.40. The van der Waals surface area contributed by atoms with E-state index in [0.29, 0.717) is 12.5 Å². The van der Waals surface area contributed by atoms with Gasteiger partial charge in [0, 0.05) is 19.1 Å². The molecule has 4 heteroatoms. The minimum atomic E-state index is -0.288. The van der Waals surface area contributed by atoms with Gasteiger partial charge in [-0.15, -0.1) is 0 Å². The third-order valence-corrected chi connectivity index (χ3v) is 5.33. The number of hydrogen-bond donors (Lipinski definition) is 0. The smallest absolute Gasteiger partial charge is 0.123 e. The Balaban J connectivity index is 1.68. The number of benzene rings is 2. The van der Waals surface area contributed by atoms with E-state index in [1.165, 1.54) is 23.3 Å². The van der Waals surface area contributed by atoms with Gasteiger partial charge < -0.3 is 4.74 Å². The minimum Gasteiger partial charge on any atom is -0.496 e. The van der Waals surface area contributed by atoms with E-state index in [-0.39, 0.29) is 12.5 Å². The fraction of sp³-hybridized carbons (Fsp3) is 0.455. The van der Waals surface area contributed by atoms with E-state index in [1.54, 1.807) is 7.11 Å². The van der Waals surface area contributed by atoms with Crippen LogP contribution in [0.1, 0.15) is 29.5 Å². The Labute approximate surface area is 154 Å². The first-order valence-electron chi connectivity index (χ1n) is 9.40. The molecule has 0 amide bonds. The molecule has 140 valence electrons. The maximum absolute atomic E-state index is 13.1. The van der Waals surface area contributed by atoms with Crippen molar-refractivity contribution in [2.75, 3.05) is 26.9 Å². The average Bonchev–Trinajstić information content (AvgIpc) is 2.68. The summed E-state index contributed by atoms with van der Waals surface area (Å²) in [5.74, 6) is 0.767. The summed E-state index contributed by atoms with van der Waals surface area (Å²) >= 11 is 0. The first kappa shape index (κ1) is 18.8. The van der Waals surface area contributed by atoms with Crippen molar-refractivity contribution in [3.63, 3.8) is 0 Å². The third-order valence-electron chi connectivity index (χ3n) is 5.33. The lowest BCUT2D eigenvalue weighted by molar-refractivity contribution is 0.174. The van der Waals surface area contributed by atoms with E-state index in [0.717, 1.165) is 50.1 Å². The van der Waals surface area contributed by atoms with Crippen LogP contribution in [0.15, 0.2) is 42.5 Å². The number of nitrogens with zero attached hydrogens (tertiary/aromatic N) is 1. The molecule has 2 aromatic carbocycles. The van der Waals surface area contributed by atoms with E-state index < -0.39 is 0 Å². The Morgan fingerprint density at radius 1 is 1.12 bits per heavy atom. The van der Waals surface area contributed by atoms with Crippen LogP contribution in [0.25, 0.3) is 0 Å². The Kier molecular flexibility index (Phi) is 6.62. The van der Waals surface area contributed by atoms with Gasteiger partial charge in [-0.25, -0.2) is 4.39 Å². The lowest BCUT2D eigenvalue weighted by Gasteiger charge is -2.35. The topological polar surface area (TPSA) is 12.5 Å². The van der Waals surface area contributed by atoms with Crippen LogP contribution in [0.2, 0.25) is 0 Å². The largest absolute Gasteiger partial charge is 0.496 e. The molecule has 1 aliphatic rings. The summed E-state index contributed by atoms with van der Waals surface area (Å²) in [4.78, 5) is 2.41. The van der Waals surface area contributed by atoms with Crippen molar-refractivity contribution in [3.05, 3.63) is 65.0 Å². The Hall–Kier alpha value is -1.94. The van der Waals surface area contributed by atoms with Crippen LogP contribution >= 0.6 is 0 Å². The summed E-state index contributed by atoms with van der Waals surface area (Å²) in [7, 11) is 1.72. The highest BCUT2D eigenvalue weighted by atomic mass is 19.1. The first-order chi connectivity index (χ1) is 12.7. The zero-order chi connectivity index (χ0) is 18.4. The standard InChI is InChI=1S/C22H27F2NO/c1-26-22-5-2-4-18-16-20(10-11-21(18)22)25(14-3-13-23)15-12-17-6-8-19(24)9-7-17/h2,4-9,20H,3,10-16H2,1H3/i23-1. The minimum absolute atomic E-state index is 0.208. The predicted molar refractivity (Wildman–Crippen MR) is 101 cm³/mol. The van der Waals surface area contributed by atoms with Crippen molar-refractivity contribution in [1.82, 2.24) is 4.90 Å². The predicted octanol–water partition coefficient (Wildman–Crippen LogP) is 4.60. The lowest BCUT2D eigenvalue weighted by atomic mass is 9.86. The Morgan fingerprint density at radius 3 is 2.65 bits per heavy atom. The molecule has 1 unspecified atom stereocenters. The molecule has 0 N–H and O–H groups in total. The number of methoxy groups -OCH3 is 1. The molecule has 0 aliphatic heterocycles. The molecule has 0 heterocycles. The summed E-state index contributed by atoms with van der Waals surface area (Å²) in [5.41, 5.74) is 3.78. The van der Waals surface area contributed by atoms with Crippen LogP contribution in [0, 0.1) is 5.82 Å². The highest BCUT2D eigenvalue weighted by Crippen LogP contribution is 2.31. The molecule has 1 atom stereocenters. The van der Waals surface area contributed by atoms with Gasteiger partial charge in [0.15, 0.2) is 0 Å². The fourth-order valence-electron chi connectivity index (χ4n) is 3.92. The second-order valence-electron chi connectivity index (χ2n) is 6.95. The van der Waals surface area contributed by atoms with E-state index in [4.69, 9.17) is 4.74 Å². The zero-order valence-corrected chi connectivity index (χ0v) is 15.4. The van der Waals surface area contributed by atoms with Crippen LogP contribution in [0.5, 0.6) is 5.75 Å². The molecule has 3 rings (SSSR count). The summed E-state index contributed by atoms with van der Waals surface area (Å²) in [6.45, 7) is 1.35. The summed E-state index contributed by atoms with van der Waals surface area (Å²) in [5, 5.41) is 0. The number of halogens is 2. The highest BCUT2D eigenvalue weighted by Gasteiger charge is 2.25. The molecule has 0 saturated heterocycles. The van der Waals surface area contributed by atoms with E-state index >= 15 is 0 Å². The maximum atomic E-state index is 13.1. The van der Waals surface area contributed by atoms with Gasteiger partial charge in [0.1, 0.15) is 11.6 Å². The van der Waals surface area contributed by atoms with Gasteiger partial charge >= 0.3 is 0 Å². The fourth-order valence-corrected chi connectivity index (χ4v) is 3.92. The molecule has 0 bridgehead atoms. The maximum Gasteiger partial charge on any atom is 0.123 e. The Morgan fingerprint density at radius 2 is 1.92 bits per heavy atom. The molecular formula is C22H27F2NO. The summed E-state index contributed by atoms with van der Waals surface area (Å²) < 4.78 is 31.4. The van der Waals surface area contributed by atoms with Crippen LogP contribution in [0.3, 0.4) is 0 Å². The second-order valence-corrected chi connectivity index (χ2v) is 6.95. The van der Waals surface area contributed by atoms with E-state index in [1.807, 2.05) is 24.3 Å². The van der Waals surface area contributed by atoms with Crippen molar-refractivity contribution in [2.24, 2.45) is 0 Å². The van der Waals surface area contributed by atoms with Crippen LogP contribution < -0.4 is 4.74 Å². The average molecular weight is 358 g/mol.